The van der Waals surface area contributed by atoms with Gasteiger partial charge in [0.15, 0.2) is 0 Å². The number of hydrogen-bond acceptors (Lipinski definition) is 2. The van der Waals surface area contributed by atoms with Gasteiger partial charge in [-0.05, 0) is 37.5 Å². The maximum absolute atomic E-state index is 11.7. The molecule has 104 valence electrons. The predicted octanol–water partition coefficient (Wildman–Crippen LogP) is 1.20. The van der Waals surface area contributed by atoms with Crippen LogP contribution in [0.5, 0.6) is 0 Å². The molecule has 5 heteroatoms. The Morgan fingerprint density at radius 3 is 2.74 bits per heavy atom. The maximum Gasteiger partial charge on any atom is 0.315 e. The van der Waals surface area contributed by atoms with Crippen LogP contribution in [0.4, 0.5) is 4.79 Å². The predicted molar refractivity (Wildman–Crippen MR) is 70.3 cm³/mol. The van der Waals surface area contributed by atoms with E-state index >= 15 is 0 Å². The lowest BCUT2D eigenvalue weighted by Crippen LogP contribution is -2.50. The average molecular weight is 264 g/mol. The minimum absolute atomic E-state index is 0.219. The summed E-state index contributed by atoms with van der Waals surface area (Å²) in [5.41, 5.74) is 0. The number of aliphatic carboxylic acids is 1. The molecule has 5 nitrogen and oxygen atoms in total. The Balaban J connectivity index is 1.82. The van der Waals surface area contributed by atoms with Gasteiger partial charge in [0.2, 0.25) is 0 Å². The third kappa shape index (κ3) is 3.01. The zero-order valence-electron chi connectivity index (χ0n) is 10.9. The van der Waals surface area contributed by atoms with Crippen LogP contribution >= 0.6 is 0 Å². The number of amides is 2. The third-order valence-corrected chi connectivity index (χ3v) is 4.28. The van der Waals surface area contributed by atoms with Crippen LogP contribution in [0.15, 0.2) is 0 Å². The van der Waals surface area contributed by atoms with Gasteiger partial charge < -0.3 is 15.7 Å². The molecule has 2 rings (SSSR count). The topological polar surface area (TPSA) is 78.4 Å². The first-order valence-electron chi connectivity index (χ1n) is 6.84. The lowest BCUT2D eigenvalue weighted by atomic mass is 9.84. The van der Waals surface area contributed by atoms with Crippen LogP contribution in [0.25, 0.3) is 0 Å². The molecule has 0 radical (unpaired) electrons. The van der Waals surface area contributed by atoms with E-state index in [-0.39, 0.29) is 18.0 Å². The number of fused-ring (bicyclic) bond motifs is 2. The second-order valence-corrected chi connectivity index (χ2v) is 5.43. The summed E-state index contributed by atoms with van der Waals surface area (Å²) in [5, 5.41) is 14.8. The second-order valence-electron chi connectivity index (χ2n) is 5.43. The van der Waals surface area contributed by atoms with Crippen molar-refractivity contribution in [1.29, 1.82) is 0 Å². The molecule has 2 aliphatic carbocycles. The number of unbranched alkanes of at least 4 members (excludes halogenated alkanes) is 1. The first kappa shape index (κ1) is 13.7. The summed E-state index contributed by atoms with van der Waals surface area (Å²) < 4.78 is 0. The van der Waals surface area contributed by atoms with Crippen LogP contribution < -0.4 is 10.6 Å². The van der Waals surface area contributed by atoms with E-state index in [0.717, 1.165) is 25.7 Å². The van der Waals surface area contributed by atoms with Gasteiger partial charge in [-0.25, -0.2) is 4.79 Å². The van der Waals surface area contributed by atoms with E-state index in [1.807, 2.05) is 0 Å². The van der Waals surface area contributed by atoms with E-state index in [2.05, 4.69) is 16.6 Å². The number of carbonyl (C=O) groups excluding carboxylic acids is 1. The van der Waals surface area contributed by atoms with Crippen molar-refractivity contribution in [2.45, 2.75) is 38.1 Å². The largest absolute Gasteiger partial charge is 0.481 e. The maximum atomic E-state index is 11.7. The number of hydrogen-bond donors (Lipinski definition) is 3. The zero-order chi connectivity index (χ0) is 13.8. The van der Waals surface area contributed by atoms with Crippen LogP contribution in [-0.2, 0) is 4.79 Å². The summed E-state index contributed by atoms with van der Waals surface area (Å²) in [5.74, 6) is 1.85. The molecule has 2 bridgehead atoms. The molecule has 0 aromatic rings. The first-order chi connectivity index (χ1) is 9.13. The molecule has 0 aromatic heterocycles. The molecular weight excluding hydrogens is 244 g/mol. The highest BCUT2D eigenvalue weighted by atomic mass is 16.4. The minimum Gasteiger partial charge on any atom is -0.481 e. The summed E-state index contributed by atoms with van der Waals surface area (Å²) in [6, 6.07) is -0.496. The van der Waals surface area contributed by atoms with E-state index < -0.39 is 11.9 Å². The molecule has 2 saturated carbocycles. The Kier molecular flexibility index (Phi) is 4.31. The summed E-state index contributed by atoms with van der Waals surface area (Å²) >= 11 is 0. The Morgan fingerprint density at radius 1 is 1.32 bits per heavy atom. The van der Waals surface area contributed by atoms with Crippen LogP contribution in [0.2, 0.25) is 0 Å². The molecule has 0 saturated heterocycles. The number of rotatable bonds is 5. The Bertz CT molecular complexity index is 402. The fraction of sp³-hybridized carbons (Fsp3) is 0.714. The van der Waals surface area contributed by atoms with Crippen LogP contribution in [-0.4, -0.2) is 29.7 Å². The molecule has 2 amide bonds. The Hall–Kier alpha value is -1.70. The average Bonchev–Trinajstić information content (AvgIpc) is 2.95. The van der Waals surface area contributed by atoms with E-state index in [1.54, 1.807) is 0 Å². The van der Waals surface area contributed by atoms with Gasteiger partial charge in [0, 0.05) is 19.0 Å². The number of carboxylic acids is 1. The molecule has 0 aromatic carbocycles. The summed E-state index contributed by atoms with van der Waals surface area (Å²) in [6.45, 7) is 0.522. The van der Waals surface area contributed by atoms with Crippen molar-refractivity contribution in [3.8, 4) is 12.3 Å². The van der Waals surface area contributed by atoms with Crippen molar-refractivity contribution in [1.82, 2.24) is 10.6 Å². The standard InChI is InChI=1S/C14H20N2O3/c1-2-3-4-7-15-14(19)16-12-10-6-5-9(8-10)11(12)13(17)18/h1,9-12H,3-8H2,(H,17,18)(H2,15,16,19). The quantitative estimate of drug-likeness (QED) is 0.515. The van der Waals surface area contributed by atoms with Gasteiger partial charge in [0.05, 0.1) is 5.92 Å². The molecule has 4 atom stereocenters. The normalized spacial score (nSPS) is 31.7. The number of carboxylic acid groups (broad SMARTS) is 1. The number of carbonyl (C=O) groups is 2. The summed E-state index contributed by atoms with van der Waals surface area (Å²) in [4.78, 5) is 23.0. The first-order valence-corrected chi connectivity index (χ1v) is 6.84. The fourth-order valence-electron chi connectivity index (χ4n) is 3.45. The minimum atomic E-state index is -0.787. The number of terminal acetylenes is 1. The SMILES string of the molecule is C#CCCCNC(=O)NC1C2CCC(C2)C1C(=O)O. The second kappa shape index (κ2) is 5.96. The molecule has 4 unspecified atom stereocenters. The molecule has 0 heterocycles. The Morgan fingerprint density at radius 2 is 2.05 bits per heavy atom. The molecule has 0 spiro atoms. The highest BCUT2D eigenvalue weighted by molar-refractivity contribution is 5.77. The fourth-order valence-corrected chi connectivity index (χ4v) is 3.45. The van der Waals surface area contributed by atoms with E-state index in [1.165, 1.54) is 0 Å². The molecule has 2 fully saturated rings. The van der Waals surface area contributed by atoms with Gasteiger partial charge in [-0.15, -0.1) is 12.3 Å². The molecule has 3 N–H and O–H groups in total. The van der Waals surface area contributed by atoms with Crippen molar-refractivity contribution in [3.05, 3.63) is 0 Å². The van der Waals surface area contributed by atoms with Crippen molar-refractivity contribution in [2.24, 2.45) is 17.8 Å². The van der Waals surface area contributed by atoms with Gasteiger partial charge in [-0.1, -0.05) is 0 Å². The molecule has 19 heavy (non-hydrogen) atoms. The zero-order valence-corrected chi connectivity index (χ0v) is 10.9. The summed E-state index contributed by atoms with van der Waals surface area (Å²) in [7, 11) is 0. The van der Waals surface area contributed by atoms with E-state index in [0.29, 0.717) is 18.9 Å². The van der Waals surface area contributed by atoms with Crippen LogP contribution in [0, 0.1) is 30.1 Å². The van der Waals surface area contributed by atoms with Gasteiger partial charge in [0.1, 0.15) is 0 Å². The van der Waals surface area contributed by atoms with Gasteiger partial charge in [-0.2, -0.15) is 0 Å². The van der Waals surface area contributed by atoms with Crippen LogP contribution in [0.3, 0.4) is 0 Å². The summed E-state index contributed by atoms with van der Waals surface area (Å²) in [6.07, 6.45) is 9.43. The third-order valence-electron chi connectivity index (χ3n) is 4.28. The molecule has 0 aliphatic heterocycles. The lowest BCUT2D eigenvalue weighted by Gasteiger charge is -2.28. The van der Waals surface area contributed by atoms with Gasteiger partial charge in [-0.3, -0.25) is 4.79 Å². The van der Waals surface area contributed by atoms with Crippen molar-refractivity contribution in [2.75, 3.05) is 6.54 Å². The highest BCUT2D eigenvalue weighted by Gasteiger charge is 2.51. The smallest absolute Gasteiger partial charge is 0.315 e. The van der Waals surface area contributed by atoms with Crippen LogP contribution in [0.1, 0.15) is 32.1 Å². The van der Waals surface area contributed by atoms with Crippen molar-refractivity contribution in [3.63, 3.8) is 0 Å². The van der Waals surface area contributed by atoms with Crippen molar-refractivity contribution < 1.29 is 14.7 Å². The lowest BCUT2D eigenvalue weighted by molar-refractivity contribution is -0.144. The number of nitrogens with one attached hydrogen (secondary N) is 2. The monoisotopic (exact) mass is 264 g/mol. The van der Waals surface area contributed by atoms with Crippen molar-refractivity contribution >= 4 is 12.0 Å². The highest BCUT2D eigenvalue weighted by Crippen LogP contribution is 2.48. The Labute approximate surface area is 113 Å². The van der Waals surface area contributed by atoms with Gasteiger partial charge >= 0.3 is 12.0 Å². The van der Waals surface area contributed by atoms with E-state index in [9.17, 15) is 14.7 Å². The van der Waals surface area contributed by atoms with Gasteiger partial charge in [0.25, 0.3) is 0 Å². The van der Waals surface area contributed by atoms with E-state index in [4.69, 9.17) is 6.42 Å². The molecule has 2 aliphatic rings. The number of urea groups is 1. The molecular formula is C14H20N2O3.